The fraction of sp³-hybridized carbons (Fsp3) is 0.143. The number of para-hydroxylation sites is 1. The third-order valence-electron chi connectivity index (χ3n) is 4.10. The summed E-state index contributed by atoms with van der Waals surface area (Å²) in [6.07, 6.45) is 1.66. The fourth-order valence-corrected chi connectivity index (χ4v) is 3.51. The number of nitrogens with one attached hydrogen (secondary N) is 1. The minimum Gasteiger partial charge on any atom is -0.324 e. The number of anilines is 1. The summed E-state index contributed by atoms with van der Waals surface area (Å²) >= 11 is 1.20. The van der Waals surface area contributed by atoms with Crippen molar-refractivity contribution in [1.82, 2.24) is 14.8 Å². The summed E-state index contributed by atoms with van der Waals surface area (Å²) in [6, 6.07) is 15.1. The molecule has 3 rings (SSSR count). The number of benzene rings is 2. The fourth-order valence-electron chi connectivity index (χ4n) is 2.65. The summed E-state index contributed by atoms with van der Waals surface area (Å²) in [6.45, 7) is 5.83. The predicted octanol–water partition coefficient (Wildman–Crippen LogP) is 4.26. The molecule has 0 saturated carbocycles. The maximum atomic E-state index is 14.2. The molecule has 0 aliphatic heterocycles. The third kappa shape index (κ3) is 4.52. The normalized spacial score (nSPS) is 11.5. The third-order valence-corrected chi connectivity index (χ3v) is 5.18. The number of nitrogens with zero attached hydrogens (tertiary/aromatic N) is 4. The number of carbonyl (C=O) groups excluding carboxylic acids is 1. The number of rotatable bonds is 7. The van der Waals surface area contributed by atoms with Crippen LogP contribution in [0.3, 0.4) is 0 Å². The van der Waals surface area contributed by atoms with E-state index in [0.29, 0.717) is 34.3 Å². The first-order valence-electron chi connectivity index (χ1n) is 8.80. The number of carbonyl (C=O) groups is 1. The maximum Gasteiger partial charge on any atom is 0.237 e. The van der Waals surface area contributed by atoms with Crippen LogP contribution in [0.2, 0.25) is 0 Å². The van der Waals surface area contributed by atoms with Crippen molar-refractivity contribution < 1.29 is 9.18 Å². The average Bonchev–Trinajstić information content (AvgIpc) is 3.11. The topological polar surface area (TPSA) is 83.6 Å². The Morgan fingerprint density at radius 3 is 2.76 bits per heavy atom. The Morgan fingerprint density at radius 1 is 1.31 bits per heavy atom. The summed E-state index contributed by atoms with van der Waals surface area (Å²) in [5.74, 6) is -0.313. The summed E-state index contributed by atoms with van der Waals surface area (Å²) < 4.78 is 15.9. The molecule has 1 N–H and O–H groups in total. The highest BCUT2D eigenvalue weighted by atomic mass is 32.2. The van der Waals surface area contributed by atoms with Crippen LogP contribution in [-0.2, 0) is 11.3 Å². The molecule has 0 spiro atoms. The zero-order valence-electron chi connectivity index (χ0n) is 15.7. The second-order valence-corrected chi connectivity index (χ2v) is 7.40. The van der Waals surface area contributed by atoms with Gasteiger partial charge in [0.25, 0.3) is 0 Å². The van der Waals surface area contributed by atoms with Gasteiger partial charge in [-0.05, 0) is 31.2 Å². The zero-order valence-corrected chi connectivity index (χ0v) is 16.5. The van der Waals surface area contributed by atoms with E-state index in [1.54, 1.807) is 60.0 Å². The Labute approximate surface area is 172 Å². The molecule has 1 amide bonds. The molecule has 6 nitrogen and oxygen atoms in total. The lowest BCUT2D eigenvalue weighted by molar-refractivity contribution is -0.115. The Balaban J connectivity index is 1.82. The zero-order chi connectivity index (χ0) is 20.8. The van der Waals surface area contributed by atoms with Gasteiger partial charge in [-0.25, -0.2) is 4.39 Å². The molecule has 1 unspecified atom stereocenters. The van der Waals surface area contributed by atoms with E-state index in [1.165, 1.54) is 17.8 Å². The van der Waals surface area contributed by atoms with Crippen molar-refractivity contribution in [2.75, 3.05) is 5.32 Å². The Hall–Kier alpha value is -3.44. The Kier molecular flexibility index (Phi) is 6.42. The van der Waals surface area contributed by atoms with E-state index in [0.717, 1.165) is 0 Å². The Morgan fingerprint density at radius 2 is 2.03 bits per heavy atom. The minimum atomic E-state index is -0.525. The molecule has 1 aromatic heterocycles. The van der Waals surface area contributed by atoms with Gasteiger partial charge in [-0.2, -0.15) is 5.26 Å². The first-order valence-corrected chi connectivity index (χ1v) is 9.68. The smallest absolute Gasteiger partial charge is 0.237 e. The molecule has 0 aliphatic rings. The molecule has 1 heterocycles. The van der Waals surface area contributed by atoms with Crippen molar-refractivity contribution in [3.8, 4) is 17.5 Å². The van der Waals surface area contributed by atoms with Crippen LogP contribution in [-0.4, -0.2) is 25.9 Å². The lowest BCUT2D eigenvalue weighted by Crippen LogP contribution is -2.23. The van der Waals surface area contributed by atoms with Crippen LogP contribution in [0.4, 0.5) is 10.1 Å². The van der Waals surface area contributed by atoms with E-state index in [-0.39, 0.29) is 5.91 Å². The lowest BCUT2D eigenvalue weighted by atomic mass is 10.2. The number of hydrogen-bond donors (Lipinski definition) is 1. The van der Waals surface area contributed by atoms with E-state index in [4.69, 9.17) is 5.26 Å². The van der Waals surface area contributed by atoms with Crippen molar-refractivity contribution in [2.24, 2.45) is 0 Å². The van der Waals surface area contributed by atoms with Crippen molar-refractivity contribution >= 4 is 23.4 Å². The quantitative estimate of drug-likeness (QED) is 0.467. The number of amides is 1. The predicted molar refractivity (Wildman–Crippen MR) is 111 cm³/mol. The lowest BCUT2D eigenvalue weighted by Gasteiger charge is -2.13. The number of aromatic nitrogens is 3. The standard InChI is InChI=1S/C21H18FN5OS/c1-3-12-27-19(16-9-5-6-10-17(16)22)25-26-21(27)29-14(2)20(28)24-18-11-7-4-8-15(18)13-23/h3-11,14H,1,12H2,2H3,(H,24,28). The van der Waals surface area contributed by atoms with E-state index < -0.39 is 11.1 Å². The summed E-state index contributed by atoms with van der Waals surface area (Å²) in [5, 5.41) is 20.1. The molecule has 0 bridgehead atoms. The van der Waals surface area contributed by atoms with Crippen LogP contribution >= 0.6 is 11.8 Å². The van der Waals surface area contributed by atoms with Crippen LogP contribution in [0, 0.1) is 17.1 Å². The van der Waals surface area contributed by atoms with Crippen molar-refractivity contribution in [2.45, 2.75) is 23.9 Å². The SMILES string of the molecule is C=CCn1c(SC(C)C(=O)Nc2ccccc2C#N)nnc1-c1ccccc1F. The second-order valence-electron chi connectivity index (χ2n) is 6.09. The van der Waals surface area contributed by atoms with Gasteiger partial charge >= 0.3 is 0 Å². The number of halogens is 1. The van der Waals surface area contributed by atoms with Crippen LogP contribution in [0.25, 0.3) is 11.4 Å². The molecule has 2 aromatic carbocycles. The monoisotopic (exact) mass is 407 g/mol. The largest absolute Gasteiger partial charge is 0.324 e. The van der Waals surface area contributed by atoms with Gasteiger partial charge in [0, 0.05) is 6.54 Å². The van der Waals surface area contributed by atoms with E-state index in [9.17, 15) is 9.18 Å². The van der Waals surface area contributed by atoms with Gasteiger partial charge in [-0.3, -0.25) is 9.36 Å². The summed E-state index contributed by atoms with van der Waals surface area (Å²) in [7, 11) is 0. The second kappa shape index (κ2) is 9.17. The van der Waals surface area contributed by atoms with Gasteiger partial charge in [0.1, 0.15) is 11.9 Å². The van der Waals surface area contributed by atoms with Crippen LogP contribution < -0.4 is 5.32 Å². The number of nitriles is 1. The number of thioether (sulfide) groups is 1. The van der Waals surface area contributed by atoms with Crippen molar-refractivity contribution in [1.29, 1.82) is 5.26 Å². The van der Waals surface area contributed by atoms with Gasteiger partial charge in [-0.1, -0.05) is 42.1 Å². The average molecular weight is 407 g/mol. The summed E-state index contributed by atoms with van der Waals surface area (Å²) in [5.41, 5.74) is 1.16. The molecule has 0 radical (unpaired) electrons. The molecule has 29 heavy (non-hydrogen) atoms. The molecule has 3 aromatic rings. The van der Waals surface area contributed by atoms with Crippen molar-refractivity contribution in [3.63, 3.8) is 0 Å². The molecule has 1 atom stereocenters. The molecule has 0 saturated heterocycles. The van der Waals surface area contributed by atoms with Gasteiger partial charge in [0.05, 0.1) is 22.1 Å². The van der Waals surface area contributed by atoms with Gasteiger partial charge in [-0.15, -0.1) is 16.8 Å². The maximum absolute atomic E-state index is 14.2. The van der Waals surface area contributed by atoms with E-state index >= 15 is 0 Å². The first kappa shape index (κ1) is 20.3. The van der Waals surface area contributed by atoms with Gasteiger partial charge in [0.2, 0.25) is 5.91 Å². The van der Waals surface area contributed by atoms with Gasteiger partial charge in [0.15, 0.2) is 11.0 Å². The van der Waals surface area contributed by atoms with Crippen molar-refractivity contribution in [3.05, 3.63) is 72.6 Å². The molecule has 0 fully saturated rings. The highest BCUT2D eigenvalue weighted by molar-refractivity contribution is 8.00. The highest BCUT2D eigenvalue weighted by Crippen LogP contribution is 2.29. The van der Waals surface area contributed by atoms with E-state index in [2.05, 4.69) is 22.1 Å². The molecule has 146 valence electrons. The van der Waals surface area contributed by atoms with E-state index in [1.807, 2.05) is 6.07 Å². The number of hydrogen-bond acceptors (Lipinski definition) is 5. The molecule has 0 aliphatic carbocycles. The molecular weight excluding hydrogens is 389 g/mol. The minimum absolute atomic E-state index is 0.279. The molecule has 8 heteroatoms. The Bertz CT molecular complexity index is 1090. The van der Waals surface area contributed by atoms with Crippen LogP contribution in [0.5, 0.6) is 0 Å². The first-order chi connectivity index (χ1) is 14.0. The van der Waals surface area contributed by atoms with Gasteiger partial charge < -0.3 is 5.32 Å². The van der Waals surface area contributed by atoms with Crippen LogP contribution in [0.15, 0.2) is 66.3 Å². The summed E-state index contributed by atoms with van der Waals surface area (Å²) in [4.78, 5) is 12.6. The van der Waals surface area contributed by atoms with Crippen LogP contribution in [0.1, 0.15) is 12.5 Å². The molecular formula is C21H18FN5OS. The highest BCUT2D eigenvalue weighted by Gasteiger charge is 2.22. The number of allylic oxidation sites excluding steroid dienone is 1.